The molecule has 0 atom stereocenters. The zero-order chi connectivity index (χ0) is 13.0. The molecule has 0 aliphatic heterocycles. The van der Waals surface area contributed by atoms with E-state index in [2.05, 4.69) is 5.32 Å². The Hall–Kier alpha value is -2.04. The lowest BCUT2D eigenvalue weighted by Crippen LogP contribution is -2.18. The van der Waals surface area contributed by atoms with Crippen LogP contribution >= 0.6 is 0 Å². The maximum absolute atomic E-state index is 11.4. The molecule has 0 fully saturated rings. The highest BCUT2D eigenvalue weighted by Gasteiger charge is 2.10. The molecular formula is C12H15NO4. The standard InChI is InChI=1S/C12H15NO4/c1-7(2)17-12(16)13-10-6-9(11(14)15)5-4-8(10)3/h4-7H,1-3H3,(H,13,16)(H,14,15). The molecule has 0 radical (unpaired) electrons. The number of carboxylic acids is 1. The average Bonchev–Trinajstić information content (AvgIpc) is 2.19. The average molecular weight is 237 g/mol. The van der Waals surface area contributed by atoms with E-state index in [1.807, 2.05) is 0 Å². The van der Waals surface area contributed by atoms with Crippen molar-refractivity contribution in [3.05, 3.63) is 29.3 Å². The summed E-state index contributed by atoms with van der Waals surface area (Å²) < 4.78 is 4.91. The Labute approximate surface area is 99.4 Å². The van der Waals surface area contributed by atoms with Crippen molar-refractivity contribution >= 4 is 17.7 Å². The molecule has 5 nitrogen and oxygen atoms in total. The second kappa shape index (κ2) is 5.34. The molecule has 0 spiro atoms. The van der Waals surface area contributed by atoms with Crippen LogP contribution in [0.25, 0.3) is 0 Å². The lowest BCUT2D eigenvalue weighted by molar-refractivity contribution is 0.0696. The van der Waals surface area contributed by atoms with E-state index in [4.69, 9.17) is 9.84 Å². The Morgan fingerprint density at radius 1 is 1.35 bits per heavy atom. The monoisotopic (exact) mass is 237 g/mol. The van der Waals surface area contributed by atoms with Crippen LogP contribution < -0.4 is 5.32 Å². The van der Waals surface area contributed by atoms with Crippen LogP contribution in [-0.2, 0) is 4.74 Å². The van der Waals surface area contributed by atoms with Gasteiger partial charge in [-0.15, -0.1) is 0 Å². The van der Waals surface area contributed by atoms with Crippen LogP contribution in [0.15, 0.2) is 18.2 Å². The first kappa shape index (κ1) is 13.0. The van der Waals surface area contributed by atoms with Crippen molar-refractivity contribution in [2.75, 3.05) is 5.32 Å². The Morgan fingerprint density at radius 3 is 2.53 bits per heavy atom. The Balaban J connectivity index is 2.86. The van der Waals surface area contributed by atoms with E-state index in [9.17, 15) is 9.59 Å². The summed E-state index contributed by atoms with van der Waals surface area (Å²) in [5.41, 5.74) is 1.33. The van der Waals surface area contributed by atoms with Gasteiger partial charge in [-0.2, -0.15) is 0 Å². The van der Waals surface area contributed by atoms with Crippen LogP contribution in [0.3, 0.4) is 0 Å². The van der Waals surface area contributed by atoms with Gasteiger partial charge in [-0.25, -0.2) is 9.59 Å². The zero-order valence-corrected chi connectivity index (χ0v) is 9.98. The largest absolute Gasteiger partial charge is 0.478 e. The number of carbonyl (C=O) groups is 2. The first-order valence-corrected chi connectivity index (χ1v) is 5.21. The van der Waals surface area contributed by atoms with E-state index in [0.29, 0.717) is 5.69 Å². The predicted octanol–water partition coefficient (Wildman–Crippen LogP) is 2.65. The molecule has 0 saturated heterocycles. The van der Waals surface area contributed by atoms with E-state index in [1.165, 1.54) is 12.1 Å². The number of hydrogen-bond acceptors (Lipinski definition) is 3. The SMILES string of the molecule is Cc1ccc(C(=O)O)cc1NC(=O)OC(C)C. The Bertz CT molecular complexity index is 440. The number of aryl methyl sites for hydroxylation is 1. The second-order valence-corrected chi connectivity index (χ2v) is 3.91. The minimum absolute atomic E-state index is 0.121. The summed E-state index contributed by atoms with van der Waals surface area (Å²) in [6.07, 6.45) is -0.816. The second-order valence-electron chi connectivity index (χ2n) is 3.91. The third kappa shape index (κ3) is 3.79. The van der Waals surface area contributed by atoms with E-state index < -0.39 is 12.1 Å². The van der Waals surface area contributed by atoms with E-state index >= 15 is 0 Å². The molecule has 0 saturated carbocycles. The summed E-state index contributed by atoms with van der Waals surface area (Å²) in [4.78, 5) is 22.2. The highest BCUT2D eigenvalue weighted by atomic mass is 16.6. The smallest absolute Gasteiger partial charge is 0.411 e. The molecular weight excluding hydrogens is 222 g/mol. The van der Waals surface area contributed by atoms with Gasteiger partial charge in [-0.3, -0.25) is 5.32 Å². The molecule has 92 valence electrons. The zero-order valence-electron chi connectivity index (χ0n) is 9.98. The first-order chi connectivity index (χ1) is 7.90. The van der Waals surface area contributed by atoms with Crippen molar-refractivity contribution in [2.24, 2.45) is 0 Å². The van der Waals surface area contributed by atoms with Crippen molar-refractivity contribution in [2.45, 2.75) is 26.9 Å². The number of nitrogens with one attached hydrogen (secondary N) is 1. The maximum atomic E-state index is 11.4. The van der Waals surface area contributed by atoms with Crippen LogP contribution in [0.1, 0.15) is 29.8 Å². The third-order valence-corrected chi connectivity index (χ3v) is 2.06. The quantitative estimate of drug-likeness (QED) is 0.847. The lowest BCUT2D eigenvalue weighted by Gasteiger charge is -2.11. The van der Waals surface area contributed by atoms with Gasteiger partial charge in [-0.1, -0.05) is 6.07 Å². The van der Waals surface area contributed by atoms with Gasteiger partial charge in [0.05, 0.1) is 11.7 Å². The Morgan fingerprint density at radius 2 is 2.00 bits per heavy atom. The fourth-order valence-electron chi connectivity index (χ4n) is 1.24. The number of benzene rings is 1. The van der Waals surface area contributed by atoms with Crippen molar-refractivity contribution in [3.8, 4) is 0 Å². The maximum Gasteiger partial charge on any atom is 0.411 e. The molecule has 0 unspecified atom stereocenters. The number of carboxylic acid groups (broad SMARTS) is 1. The molecule has 17 heavy (non-hydrogen) atoms. The van der Waals surface area contributed by atoms with E-state index in [-0.39, 0.29) is 11.7 Å². The Kier molecular flexibility index (Phi) is 4.09. The van der Waals surface area contributed by atoms with Crippen molar-refractivity contribution in [1.82, 2.24) is 0 Å². The molecule has 0 aromatic heterocycles. The fraction of sp³-hybridized carbons (Fsp3) is 0.333. The molecule has 0 aliphatic rings. The number of rotatable bonds is 3. The summed E-state index contributed by atoms with van der Waals surface area (Å²) in [7, 11) is 0. The highest BCUT2D eigenvalue weighted by molar-refractivity contribution is 5.92. The lowest BCUT2D eigenvalue weighted by atomic mass is 10.1. The van der Waals surface area contributed by atoms with Gasteiger partial charge in [-0.05, 0) is 38.5 Å². The van der Waals surface area contributed by atoms with Crippen LogP contribution in [-0.4, -0.2) is 23.3 Å². The normalized spacial score (nSPS) is 10.1. The van der Waals surface area contributed by atoms with Crippen LogP contribution in [0.2, 0.25) is 0 Å². The number of carbonyl (C=O) groups excluding carboxylic acids is 1. The van der Waals surface area contributed by atoms with Gasteiger partial charge in [0.25, 0.3) is 0 Å². The fourth-order valence-corrected chi connectivity index (χ4v) is 1.24. The summed E-state index contributed by atoms with van der Waals surface area (Å²) >= 11 is 0. The van der Waals surface area contributed by atoms with Gasteiger partial charge >= 0.3 is 12.1 Å². The van der Waals surface area contributed by atoms with Crippen LogP contribution in [0.5, 0.6) is 0 Å². The molecule has 1 aromatic carbocycles. The summed E-state index contributed by atoms with van der Waals surface area (Å²) in [6, 6.07) is 4.52. The van der Waals surface area contributed by atoms with Gasteiger partial charge < -0.3 is 9.84 Å². The van der Waals surface area contributed by atoms with Gasteiger partial charge in [0.1, 0.15) is 0 Å². The minimum Gasteiger partial charge on any atom is -0.478 e. The van der Waals surface area contributed by atoms with Gasteiger partial charge in [0.15, 0.2) is 0 Å². The number of hydrogen-bond donors (Lipinski definition) is 2. The summed E-state index contributed by atoms with van der Waals surface area (Å²) in [5.74, 6) is -1.04. The molecule has 1 aromatic rings. The molecule has 2 N–H and O–H groups in total. The molecule has 5 heteroatoms. The van der Waals surface area contributed by atoms with Gasteiger partial charge in [0, 0.05) is 5.69 Å². The van der Waals surface area contributed by atoms with Crippen molar-refractivity contribution in [3.63, 3.8) is 0 Å². The van der Waals surface area contributed by atoms with Crippen LogP contribution in [0, 0.1) is 6.92 Å². The predicted molar refractivity (Wildman–Crippen MR) is 63.4 cm³/mol. The van der Waals surface area contributed by atoms with E-state index in [1.54, 1.807) is 26.8 Å². The number of aromatic carboxylic acids is 1. The van der Waals surface area contributed by atoms with Gasteiger partial charge in [0.2, 0.25) is 0 Å². The first-order valence-electron chi connectivity index (χ1n) is 5.21. The third-order valence-electron chi connectivity index (χ3n) is 2.06. The molecule has 0 aliphatic carbocycles. The van der Waals surface area contributed by atoms with Crippen molar-refractivity contribution < 1.29 is 19.4 Å². The topological polar surface area (TPSA) is 75.6 Å². The molecule has 1 rings (SSSR count). The number of amides is 1. The summed E-state index contributed by atoms with van der Waals surface area (Å²) in [5, 5.41) is 11.3. The van der Waals surface area contributed by atoms with E-state index in [0.717, 1.165) is 5.56 Å². The minimum atomic E-state index is -1.04. The van der Waals surface area contributed by atoms with Crippen LogP contribution in [0.4, 0.5) is 10.5 Å². The number of anilines is 1. The molecule has 1 amide bonds. The molecule has 0 heterocycles. The molecule has 0 bridgehead atoms. The highest BCUT2D eigenvalue weighted by Crippen LogP contribution is 2.17. The van der Waals surface area contributed by atoms with Crippen molar-refractivity contribution in [1.29, 1.82) is 0 Å². The number of ether oxygens (including phenoxy) is 1. The summed E-state index contributed by atoms with van der Waals surface area (Å²) in [6.45, 7) is 5.25.